The number of allylic oxidation sites excluding steroid dienone is 1. The molecule has 0 aromatic rings. The summed E-state index contributed by atoms with van der Waals surface area (Å²) in [5.41, 5.74) is 0. The van der Waals surface area contributed by atoms with Crippen LogP contribution in [0.5, 0.6) is 0 Å². The summed E-state index contributed by atoms with van der Waals surface area (Å²) < 4.78 is 7.11. The number of hydrogen-bond donors (Lipinski definition) is 5. The van der Waals surface area contributed by atoms with E-state index in [1.807, 2.05) is 0 Å². The van der Waals surface area contributed by atoms with Crippen LogP contribution in [0.3, 0.4) is 0 Å². The molecule has 0 heterocycles. The molecule has 0 saturated heterocycles. The SMILES string of the molecule is [2H]C(C=C)C(=O)[C@H](O)[C@@H](O)[C@@H](O)[C@H](O)CO. The second-order valence-corrected chi connectivity index (χ2v) is 2.98. The summed E-state index contributed by atoms with van der Waals surface area (Å²) in [7, 11) is 0. The second kappa shape index (κ2) is 6.65. The Hall–Kier alpha value is -0.790. The fourth-order valence-electron chi connectivity index (χ4n) is 0.905. The molecule has 0 rings (SSSR count). The standard InChI is InChI=1S/C9H16O6/c1-2-3-5(11)7(13)9(15)8(14)6(12)4-10/h2,6-10,12-15H,1,3-4H2/t6-,7+,8+,9-/m1/s1/i3D/t3?,6-,7+,8+,9-. The molecule has 0 fully saturated rings. The molecule has 0 aliphatic carbocycles. The zero-order chi connectivity index (χ0) is 12.9. The van der Waals surface area contributed by atoms with E-state index < -0.39 is 43.2 Å². The summed E-state index contributed by atoms with van der Waals surface area (Å²) in [4.78, 5) is 11.2. The van der Waals surface area contributed by atoms with Crippen LogP contribution in [0.25, 0.3) is 0 Å². The molecule has 15 heavy (non-hydrogen) atoms. The molecule has 6 nitrogen and oxygen atoms in total. The first kappa shape index (κ1) is 12.3. The second-order valence-electron chi connectivity index (χ2n) is 2.98. The van der Waals surface area contributed by atoms with Gasteiger partial charge in [-0.15, -0.1) is 6.58 Å². The summed E-state index contributed by atoms with van der Waals surface area (Å²) >= 11 is 0. The summed E-state index contributed by atoms with van der Waals surface area (Å²) in [6, 6.07) is 0. The van der Waals surface area contributed by atoms with Gasteiger partial charge in [-0.2, -0.15) is 0 Å². The van der Waals surface area contributed by atoms with Gasteiger partial charge in [0, 0.05) is 7.77 Å². The molecule has 0 aromatic heterocycles. The van der Waals surface area contributed by atoms with Crippen LogP contribution in [-0.2, 0) is 4.79 Å². The molecule has 0 bridgehead atoms. The quantitative estimate of drug-likeness (QED) is 0.305. The van der Waals surface area contributed by atoms with Crippen LogP contribution in [0.2, 0.25) is 0 Å². The fourth-order valence-corrected chi connectivity index (χ4v) is 0.905. The van der Waals surface area contributed by atoms with Crippen molar-refractivity contribution in [3.05, 3.63) is 12.7 Å². The Morgan fingerprint density at radius 2 is 1.87 bits per heavy atom. The van der Waals surface area contributed by atoms with Crippen LogP contribution in [0.1, 0.15) is 7.77 Å². The van der Waals surface area contributed by atoms with Gasteiger partial charge in [-0.05, 0) is 0 Å². The number of aliphatic hydroxyl groups is 5. The van der Waals surface area contributed by atoms with Gasteiger partial charge in [0.25, 0.3) is 0 Å². The smallest absolute Gasteiger partial charge is 0.167 e. The van der Waals surface area contributed by atoms with E-state index in [4.69, 9.17) is 11.6 Å². The predicted molar refractivity (Wildman–Crippen MR) is 50.9 cm³/mol. The number of carbonyl (C=O) groups is 1. The van der Waals surface area contributed by atoms with Crippen molar-refractivity contribution >= 4 is 5.78 Å². The number of carbonyl (C=O) groups excluding carboxylic acids is 1. The highest BCUT2D eigenvalue weighted by Crippen LogP contribution is 2.07. The van der Waals surface area contributed by atoms with Crippen molar-refractivity contribution in [2.75, 3.05) is 6.61 Å². The predicted octanol–water partition coefficient (Wildman–Crippen LogP) is -2.43. The summed E-state index contributed by atoms with van der Waals surface area (Å²) in [6.45, 7) is 2.34. The summed E-state index contributed by atoms with van der Waals surface area (Å²) in [6.07, 6.45) is -8.01. The Bertz CT molecular complexity index is 246. The molecule has 5 N–H and O–H groups in total. The first-order valence-corrected chi connectivity index (χ1v) is 4.28. The van der Waals surface area contributed by atoms with Crippen LogP contribution in [0, 0.1) is 0 Å². The normalized spacial score (nSPS) is 22.1. The molecule has 1 unspecified atom stereocenters. The first-order valence-electron chi connectivity index (χ1n) is 4.86. The highest BCUT2D eigenvalue weighted by Gasteiger charge is 2.33. The van der Waals surface area contributed by atoms with Gasteiger partial charge in [0.2, 0.25) is 0 Å². The largest absolute Gasteiger partial charge is 0.394 e. The van der Waals surface area contributed by atoms with Gasteiger partial charge in [-0.3, -0.25) is 4.79 Å². The maximum absolute atomic E-state index is 11.2. The van der Waals surface area contributed by atoms with Crippen molar-refractivity contribution in [1.29, 1.82) is 0 Å². The topological polar surface area (TPSA) is 118 Å². The minimum atomic E-state index is -2.02. The zero-order valence-electron chi connectivity index (χ0n) is 9.02. The van der Waals surface area contributed by atoms with Gasteiger partial charge in [-0.1, -0.05) is 6.08 Å². The lowest BCUT2D eigenvalue weighted by Gasteiger charge is -2.24. The molecule has 0 saturated carbocycles. The lowest BCUT2D eigenvalue weighted by Crippen LogP contribution is -2.48. The van der Waals surface area contributed by atoms with Gasteiger partial charge >= 0.3 is 0 Å². The van der Waals surface area contributed by atoms with E-state index in [0.717, 1.165) is 6.08 Å². The van der Waals surface area contributed by atoms with E-state index in [0.29, 0.717) is 0 Å². The average Bonchev–Trinajstić information content (AvgIpc) is 2.32. The maximum Gasteiger partial charge on any atom is 0.167 e. The summed E-state index contributed by atoms with van der Waals surface area (Å²) in [5.74, 6) is -1.05. The number of hydrogen-bond acceptors (Lipinski definition) is 6. The Balaban J connectivity index is 4.54. The number of Topliss-reactive ketones (excluding diaryl/α,β-unsaturated/α-hetero) is 1. The van der Waals surface area contributed by atoms with E-state index in [1.54, 1.807) is 0 Å². The van der Waals surface area contributed by atoms with Crippen molar-refractivity contribution in [1.82, 2.24) is 0 Å². The maximum atomic E-state index is 11.2. The molecule has 0 aromatic carbocycles. The van der Waals surface area contributed by atoms with Gasteiger partial charge in [0.15, 0.2) is 5.78 Å². The number of rotatable bonds is 7. The van der Waals surface area contributed by atoms with Crippen molar-refractivity contribution in [2.45, 2.75) is 30.8 Å². The van der Waals surface area contributed by atoms with Crippen LogP contribution < -0.4 is 0 Å². The molecular formula is C9H16O6. The Morgan fingerprint density at radius 3 is 2.27 bits per heavy atom. The van der Waals surface area contributed by atoms with Gasteiger partial charge in [-0.25, -0.2) is 0 Å². The number of ketones is 1. The minimum absolute atomic E-state index is 0.828. The molecule has 0 amide bonds. The molecule has 0 spiro atoms. The van der Waals surface area contributed by atoms with Crippen molar-refractivity contribution < 1.29 is 31.7 Å². The van der Waals surface area contributed by atoms with Crippen LogP contribution >= 0.6 is 0 Å². The van der Waals surface area contributed by atoms with Crippen LogP contribution in [0.15, 0.2) is 12.7 Å². The molecule has 6 heteroatoms. The Kier molecular flexibility index (Phi) is 5.44. The van der Waals surface area contributed by atoms with Crippen molar-refractivity contribution in [2.24, 2.45) is 0 Å². The van der Waals surface area contributed by atoms with E-state index in [1.165, 1.54) is 0 Å². The van der Waals surface area contributed by atoms with Crippen molar-refractivity contribution in [3.8, 4) is 0 Å². The molecule has 88 valence electrons. The van der Waals surface area contributed by atoms with E-state index in [2.05, 4.69) is 6.58 Å². The number of aliphatic hydroxyl groups excluding tert-OH is 5. The Labute approximate surface area is 88.5 Å². The third-order valence-electron chi connectivity index (χ3n) is 1.83. The van der Waals surface area contributed by atoms with Gasteiger partial charge in [0.1, 0.15) is 24.4 Å². The van der Waals surface area contributed by atoms with Crippen LogP contribution in [-0.4, -0.2) is 62.3 Å². The minimum Gasteiger partial charge on any atom is -0.394 e. The molecule has 0 aliphatic rings. The van der Waals surface area contributed by atoms with Gasteiger partial charge < -0.3 is 25.5 Å². The Morgan fingerprint density at radius 1 is 1.33 bits per heavy atom. The third-order valence-corrected chi connectivity index (χ3v) is 1.83. The highest BCUT2D eigenvalue weighted by molar-refractivity contribution is 5.84. The third kappa shape index (κ3) is 4.06. The summed E-state index contributed by atoms with van der Waals surface area (Å²) in [5, 5.41) is 45.2. The lowest BCUT2D eigenvalue weighted by atomic mass is 9.99. The van der Waals surface area contributed by atoms with Crippen molar-refractivity contribution in [3.63, 3.8) is 0 Å². The molecule has 0 radical (unpaired) electrons. The first-order chi connectivity index (χ1) is 7.36. The van der Waals surface area contributed by atoms with E-state index >= 15 is 0 Å². The lowest BCUT2D eigenvalue weighted by molar-refractivity contribution is -0.146. The van der Waals surface area contributed by atoms with E-state index in [-0.39, 0.29) is 0 Å². The highest BCUT2D eigenvalue weighted by atomic mass is 16.4. The fraction of sp³-hybridized carbons (Fsp3) is 0.667. The molecule has 5 atom stereocenters. The molecule has 0 aliphatic heterocycles. The van der Waals surface area contributed by atoms with Crippen LogP contribution in [0.4, 0.5) is 0 Å². The monoisotopic (exact) mass is 221 g/mol. The van der Waals surface area contributed by atoms with E-state index in [9.17, 15) is 20.1 Å². The zero-order valence-corrected chi connectivity index (χ0v) is 8.02. The molecular weight excluding hydrogens is 204 g/mol. The van der Waals surface area contributed by atoms with Gasteiger partial charge in [0.05, 0.1) is 6.61 Å². The average molecular weight is 221 g/mol.